The highest BCUT2D eigenvalue weighted by atomic mass is 35.5. The molecule has 4 N–H and O–H groups in total. The first-order valence-corrected chi connectivity index (χ1v) is 11.6. The zero-order chi connectivity index (χ0) is 21.6. The summed E-state index contributed by atoms with van der Waals surface area (Å²) in [7, 11) is -3.85. The molecule has 0 spiro atoms. The van der Waals surface area contributed by atoms with E-state index in [1.165, 1.54) is 18.2 Å². The Morgan fingerprint density at radius 3 is 2.74 bits per heavy atom. The van der Waals surface area contributed by atoms with Crippen molar-refractivity contribution in [3.8, 4) is 17.2 Å². The summed E-state index contributed by atoms with van der Waals surface area (Å²) in [5, 5.41) is 27.2. The lowest BCUT2D eigenvalue weighted by Crippen LogP contribution is -2.25. The molecule has 1 aromatic heterocycles. The standard InChI is InChI=1S/C19H19ClN6O4S/c20-14-9-15(21-19-22-25-26-23-19)12-2-1-3-13(12)18(14)30-11-6-7-16(27)17(8-11)31(28,29)24-10-4-5-10/h6-10,24,27H,1-5H2,(H2,21,22,23,25,26). The van der Waals surface area contributed by atoms with E-state index in [1.54, 1.807) is 6.07 Å². The Hall–Kier alpha value is -2.89. The average Bonchev–Trinajstić information content (AvgIpc) is 3.18. The van der Waals surface area contributed by atoms with Crippen LogP contribution in [0, 0.1) is 0 Å². The molecule has 2 aliphatic carbocycles. The van der Waals surface area contributed by atoms with Gasteiger partial charge in [-0.2, -0.15) is 0 Å². The van der Waals surface area contributed by atoms with Crippen molar-refractivity contribution in [3.05, 3.63) is 40.4 Å². The van der Waals surface area contributed by atoms with Crippen molar-refractivity contribution in [2.45, 2.75) is 43.0 Å². The number of phenolic OH excluding ortho intramolecular Hbond substituents is 1. The van der Waals surface area contributed by atoms with Gasteiger partial charge in [-0.1, -0.05) is 16.7 Å². The number of aromatic amines is 1. The highest BCUT2D eigenvalue weighted by Gasteiger charge is 2.30. The minimum atomic E-state index is -3.85. The van der Waals surface area contributed by atoms with E-state index in [2.05, 4.69) is 30.7 Å². The van der Waals surface area contributed by atoms with E-state index < -0.39 is 10.0 Å². The lowest BCUT2D eigenvalue weighted by atomic mass is 10.1. The molecular formula is C19H19ClN6O4S. The van der Waals surface area contributed by atoms with E-state index in [9.17, 15) is 13.5 Å². The number of fused-ring (bicyclic) bond motifs is 1. The molecule has 0 atom stereocenters. The van der Waals surface area contributed by atoms with Crippen LogP contribution in [0.2, 0.25) is 5.02 Å². The highest BCUT2D eigenvalue weighted by molar-refractivity contribution is 7.89. The number of rotatable bonds is 7. The number of aromatic hydroxyl groups is 1. The van der Waals surface area contributed by atoms with Gasteiger partial charge in [0.05, 0.1) is 5.02 Å². The lowest BCUT2D eigenvalue weighted by Gasteiger charge is -2.17. The Morgan fingerprint density at radius 2 is 2.00 bits per heavy atom. The van der Waals surface area contributed by atoms with Crippen LogP contribution in [-0.2, 0) is 22.9 Å². The summed E-state index contributed by atoms with van der Waals surface area (Å²) in [4.78, 5) is -0.222. The summed E-state index contributed by atoms with van der Waals surface area (Å²) < 4.78 is 33.8. The summed E-state index contributed by atoms with van der Waals surface area (Å²) in [5.74, 6) is 0.803. The van der Waals surface area contributed by atoms with Gasteiger partial charge in [-0.15, -0.1) is 0 Å². The number of hydrogen-bond acceptors (Lipinski definition) is 8. The molecule has 0 amide bonds. The summed E-state index contributed by atoms with van der Waals surface area (Å²) in [6, 6.07) is 5.78. The van der Waals surface area contributed by atoms with Gasteiger partial charge in [0, 0.05) is 23.4 Å². The number of H-pyrrole nitrogens is 1. The quantitative estimate of drug-likeness (QED) is 0.419. The molecule has 0 unspecified atom stereocenters. The first-order valence-electron chi connectivity index (χ1n) is 9.79. The van der Waals surface area contributed by atoms with Crippen molar-refractivity contribution in [2.75, 3.05) is 5.32 Å². The lowest BCUT2D eigenvalue weighted by molar-refractivity contribution is 0.446. The second-order valence-electron chi connectivity index (χ2n) is 7.55. The van der Waals surface area contributed by atoms with Gasteiger partial charge in [0.2, 0.25) is 16.0 Å². The number of anilines is 2. The maximum absolute atomic E-state index is 12.6. The summed E-state index contributed by atoms with van der Waals surface area (Å²) in [6.07, 6.45) is 4.11. The van der Waals surface area contributed by atoms with Crippen LogP contribution in [0.15, 0.2) is 29.2 Å². The van der Waals surface area contributed by atoms with Crippen LogP contribution in [-0.4, -0.2) is 40.2 Å². The Labute approximate surface area is 183 Å². The topological polar surface area (TPSA) is 142 Å². The number of aromatic nitrogens is 4. The number of benzene rings is 2. The number of sulfonamides is 1. The molecule has 0 radical (unpaired) electrons. The number of nitrogens with zero attached hydrogens (tertiary/aromatic N) is 3. The van der Waals surface area contributed by atoms with Crippen LogP contribution in [0.5, 0.6) is 17.2 Å². The van der Waals surface area contributed by atoms with E-state index in [0.29, 0.717) is 16.7 Å². The van der Waals surface area contributed by atoms with Gasteiger partial charge >= 0.3 is 0 Å². The zero-order valence-corrected chi connectivity index (χ0v) is 17.8. The molecule has 3 aromatic rings. The van der Waals surface area contributed by atoms with E-state index in [0.717, 1.165) is 48.9 Å². The largest absolute Gasteiger partial charge is 0.507 e. The normalized spacial score (nSPS) is 15.6. The van der Waals surface area contributed by atoms with E-state index in [1.807, 2.05) is 0 Å². The van der Waals surface area contributed by atoms with Gasteiger partial charge in [0.25, 0.3) is 0 Å². The van der Waals surface area contributed by atoms with Gasteiger partial charge in [-0.25, -0.2) is 18.2 Å². The summed E-state index contributed by atoms with van der Waals surface area (Å²) >= 11 is 6.53. The Kier molecular flexibility index (Phi) is 4.95. The molecule has 0 bridgehead atoms. The fourth-order valence-electron chi connectivity index (χ4n) is 3.65. The molecule has 2 aliphatic rings. The van der Waals surface area contributed by atoms with Gasteiger partial charge in [-0.05, 0) is 66.3 Å². The van der Waals surface area contributed by atoms with Crippen molar-refractivity contribution in [1.82, 2.24) is 25.3 Å². The van der Waals surface area contributed by atoms with Crippen LogP contribution in [0.4, 0.5) is 11.6 Å². The molecule has 5 rings (SSSR count). The van der Waals surface area contributed by atoms with Crippen LogP contribution in [0.3, 0.4) is 0 Å². The van der Waals surface area contributed by atoms with Gasteiger partial charge in [-0.3, -0.25) is 0 Å². The fraction of sp³-hybridized carbons (Fsp3) is 0.316. The number of halogens is 1. The van der Waals surface area contributed by atoms with Crippen molar-refractivity contribution in [3.63, 3.8) is 0 Å². The number of hydrogen-bond donors (Lipinski definition) is 4. The molecule has 0 saturated heterocycles. The smallest absolute Gasteiger partial charge is 0.244 e. The third kappa shape index (κ3) is 4.03. The van der Waals surface area contributed by atoms with E-state index in [4.69, 9.17) is 16.3 Å². The SMILES string of the molecule is O=S(=O)(NC1CC1)c1cc(Oc2c(Cl)cc(Nc3nnn[nH]3)c3c2CCC3)ccc1O. The molecule has 1 heterocycles. The maximum Gasteiger partial charge on any atom is 0.244 e. The van der Waals surface area contributed by atoms with E-state index >= 15 is 0 Å². The van der Waals surface area contributed by atoms with Gasteiger partial charge in [0.1, 0.15) is 22.1 Å². The summed E-state index contributed by atoms with van der Waals surface area (Å²) in [5.41, 5.74) is 2.76. The monoisotopic (exact) mass is 462 g/mol. The third-order valence-electron chi connectivity index (χ3n) is 5.24. The minimum Gasteiger partial charge on any atom is -0.507 e. The number of phenols is 1. The zero-order valence-electron chi connectivity index (χ0n) is 16.2. The predicted octanol–water partition coefficient (Wildman–Crippen LogP) is 3.02. The molecule has 162 valence electrons. The Balaban J connectivity index is 1.48. The predicted molar refractivity (Wildman–Crippen MR) is 112 cm³/mol. The molecule has 10 nitrogen and oxygen atoms in total. The third-order valence-corrected chi connectivity index (χ3v) is 7.07. The van der Waals surface area contributed by atoms with Crippen molar-refractivity contribution >= 4 is 33.3 Å². The number of tetrazole rings is 1. The molecule has 31 heavy (non-hydrogen) atoms. The van der Waals surface area contributed by atoms with E-state index in [-0.39, 0.29) is 22.4 Å². The average molecular weight is 463 g/mol. The highest BCUT2D eigenvalue weighted by Crippen LogP contribution is 2.44. The second-order valence-corrected chi connectivity index (χ2v) is 9.64. The molecular weight excluding hydrogens is 444 g/mol. The minimum absolute atomic E-state index is 0.0775. The van der Waals surface area contributed by atoms with Crippen molar-refractivity contribution in [1.29, 1.82) is 0 Å². The Morgan fingerprint density at radius 1 is 1.19 bits per heavy atom. The van der Waals surface area contributed by atoms with Crippen LogP contribution < -0.4 is 14.8 Å². The van der Waals surface area contributed by atoms with Crippen LogP contribution >= 0.6 is 11.6 Å². The van der Waals surface area contributed by atoms with Crippen LogP contribution in [0.1, 0.15) is 30.4 Å². The number of ether oxygens (including phenoxy) is 1. The maximum atomic E-state index is 12.6. The molecule has 12 heteroatoms. The Bertz CT molecular complexity index is 1240. The first kappa shape index (κ1) is 20.0. The van der Waals surface area contributed by atoms with Crippen molar-refractivity contribution in [2.24, 2.45) is 0 Å². The molecule has 2 aromatic carbocycles. The van der Waals surface area contributed by atoms with Gasteiger partial charge in [0.15, 0.2) is 0 Å². The molecule has 1 fully saturated rings. The summed E-state index contributed by atoms with van der Waals surface area (Å²) in [6.45, 7) is 0. The second kappa shape index (κ2) is 7.66. The molecule has 1 saturated carbocycles. The fourth-order valence-corrected chi connectivity index (χ4v) is 5.33. The van der Waals surface area contributed by atoms with Crippen LogP contribution in [0.25, 0.3) is 0 Å². The first-order chi connectivity index (χ1) is 14.9. The van der Waals surface area contributed by atoms with Crippen molar-refractivity contribution < 1.29 is 18.3 Å². The molecule has 0 aliphatic heterocycles. The van der Waals surface area contributed by atoms with Gasteiger partial charge < -0.3 is 15.2 Å². The number of nitrogens with one attached hydrogen (secondary N) is 3.